The Balaban J connectivity index is 1.49. The number of hydrogen-bond donors (Lipinski definition) is 8. The second kappa shape index (κ2) is 8.21. The molecule has 0 aromatic heterocycles. The summed E-state index contributed by atoms with van der Waals surface area (Å²) < 4.78 is 18.7. The molecule has 3 heterocycles. The van der Waals surface area contributed by atoms with Gasteiger partial charge in [0.1, 0.15) is 58.4 Å². The maximum Gasteiger partial charge on any atom is 0.180 e. The summed E-state index contributed by atoms with van der Waals surface area (Å²) in [4.78, 5) is 0. The normalized spacial score (nSPS) is 21.7. The lowest BCUT2D eigenvalue weighted by atomic mass is 9.69. The number of ether oxygens (including phenoxy) is 3. The Labute approximate surface area is 231 Å². The lowest BCUT2D eigenvalue weighted by Gasteiger charge is -2.33. The number of hydrogen-bond acceptors (Lipinski definition) is 11. The number of rotatable bonds is 2. The number of phenols is 7. The molecule has 3 aliphatic rings. The number of aliphatic hydroxyl groups is 1. The summed E-state index contributed by atoms with van der Waals surface area (Å²) in [5.41, 5.74) is 0.0273. The monoisotopic (exact) mass is 558 g/mol. The van der Waals surface area contributed by atoms with Crippen molar-refractivity contribution in [2.45, 2.75) is 17.6 Å². The van der Waals surface area contributed by atoms with E-state index in [0.29, 0.717) is 16.7 Å². The molecule has 0 bridgehead atoms. The standard InChI is InChI=1S/C30H22O11/c31-14-7-21(37)25-24(8-14)40-29(13-2-4-17(33)20(36)6-13)30(25)11-39-23-10-18(34)15-9-22(38)27(41-28(15)26(23)30)12-1-3-16(32)19(35)5-12/h1-10,27,29,31-38H,11H2/t27-,29-,30-/m1/s1. The van der Waals surface area contributed by atoms with Gasteiger partial charge >= 0.3 is 0 Å². The first kappa shape index (κ1) is 24.5. The summed E-state index contributed by atoms with van der Waals surface area (Å²) in [5, 5.41) is 83.2. The second-order valence-corrected chi connectivity index (χ2v) is 10.2. The Kier molecular flexibility index (Phi) is 4.90. The van der Waals surface area contributed by atoms with Gasteiger partial charge in [-0.1, -0.05) is 12.1 Å². The van der Waals surface area contributed by atoms with Crippen LogP contribution >= 0.6 is 0 Å². The molecule has 0 amide bonds. The number of aromatic hydroxyl groups is 7. The minimum Gasteiger partial charge on any atom is -0.508 e. The van der Waals surface area contributed by atoms with Gasteiger partial charge < -0.3 is 55.1 Å². The molecule has 0 aliphatic carbocycles. The zero-order valence-electron chi connectivity index (χ0n) is 20.9. The third kappa shape index (κ3) is 3.32. The van der Waals surface area contributed by atoms with Gasteiger partial charge in [0.2, 0.25) is 0 Å². The summed E-state index contributed by atoms with van der Waals surface area (Å²) in [6.07, 6.45) is -0.848. The van der Waals surface area contributed by atoms with Crippen LogP contribution in [0, 0.1) is 0 Å². The van der Waals surface area contributed by atoms with E-state index in [1.807, 2.05) is 0 Å². The number of fused-ring (bicyclic) bond motifs is 6. The lowest BCUT2D eigenvalue weighted by Crippen LogP contribution is -2.35. The van der Waals surface area contributed by atoms with Crippen LogP contribution in [0.1, 0.15) is 40.0 Å². The molecule has 1 spiro atoms. The van der Waals surface area contributed by atoms with E-state index in [9.17, 15) is 40.9 Å². The molecular weight excluding hydrogens is 536 g/mol. The van der Waals surface area contributed by atoms with Crippen molar-refractivity contribution in [2.24, 2.45) is 0 Å². The third-order valence-corrected chi connectivity index (χ3v) is 7.77. The van der Waals surface area contributed by atoms with Crippen LogP contribution in [0.4, 0.5) is 0 Å². The molecule has 4 aromatic rings. The predicted octanol–water partition coefficient (Wildman–Crippen LogP) is 4.47. The molecule has 8 N–H and O–H groups in total. The van der Waals surface area contributed by atoms with Crippen molar-refractivity contribution in [2.75, 3.05) is 6.61 Å². The van der Waals surface area contributed by atoms with Crippen molar-refractivity contribution in [3.8, 4) is 57.5 Å². The summed E-state index contributed by atoms with van der Waals surface area (Å²) in [5.74, 6) is -2.26. The molecule has 7 rings (SSSR count). The van der Waals surface area contributed by atoms with E-state index >= 15 is 0 Å². The van der Waals surface area contributed by atoms with Crippen molar-refractivity contribution in [1.29, 1.82) is 0 Å². The Hall–Kier alpha value is -5.58. The average Bonchev–Trinajstić information content (AvgIpc) is 3.45. The number of aliphatic hydroxyl groups excluding tert-OH is 1. The van der Waals surface area contributed by atoms with Crippen molar-refractivity contribution in [1.82, 2.24) is 0 Å². The van der Waals surface area contributed by atoms with Crippen molar-refractivity contribution < 1.29 is 55.1 Å². The molecule has 0 fully saturated rings. The molecule has 0 radical (unpaired) electrons. The van der Waals surface area contributed by atoms with Gasteiger partial charge in [-0.05, 0) is 35.9 Å². The highest BCUT2D eigenvalue weighted by molar-refractivity contribution is 5.78. The quantitative estimate of drug-likeness (QED) is 0.162. The van der Waals surface area contributed by atoms with Gasteiger partial charge in [-0.3, -0.25) is 0 Å². The molecular formula is C30H22O11. The van der Waals surface area contributed by atoms with E-state index in [2.05, 4.69) is 0 Å². The smallest absolute Gasteiger partial charge is 0.180 e. The fourth-order valence-corrected chi connectivity index (χ4v) is 5.99. The van der Waals surface area contributed by atoms with Gasteiger partial charge in [0.05, 0.1) is 16.7 Å². The van der Waals surface area contributed by atoms with Crippen molar-refractivity contribution >= 4 is 6.08 Å². The maximum atomic E-state index is 11.1. The van der Waals surface area contributed by atoms with Gasteiger partial charge in [-0.15, -0.1) is 0 Å². The molecule has 11 nitrogen and oxygen atoms in total. The Morgan fingerprint density at radius 1 is 0.610 bits per heavy atom. The van der Waals surface area contributed by atoms with Gasteiger partial charge in [0, 0.05) is 23.8 Å². The van der Waals surface area contributed by atoms with Crippen molar-refractivity contribution in [3.05, 3.63) is 88.2 Å². The fourth-order valence-electron chi connectivity index (χ4n) is 5.99. The summed E-state index contributed by atoms with van der Waals surface area (Å²) in [6, 6.07) is 11.9. The van der Waals surface area contributed by atoms with E-state index in [1.54, 1.807) is 0 Å². The van der Waals surface area contributed by atoms with Crippen LogP contribution < -0.4 is 14.2 Å². The summed E-state index contributed by atoms with van der Waals surface area (Å²) in [6.45, 7) is -0.125. The molecule has 208 valence electrons. The van der Waals surface area contributed by atoms with E-state index in [-0.39, 0.29) is 69.5 Å². The minimum absolute atomic E-state index is 0.0878. The zero-order valence-corrected chi connectivity index (χ0v) is 20.9. The first-order valence-corrected chi connectivity index (χ1v) is 12.5. The Bertz CT molecular complexity index is 1810. The fraction of sp³-hybridized carbons (Fsp3) is 0.133. The van der Waals surface area contributed by atoms with E-state index in [0.717, 1.165) is 6.07 Å². The molecule has 3 aliphatic heterocycles. The molecule has 0 saturated carbocycles. The number of benzene rings is 4. The first-order chi connectivity index (χ1) is 19.6. The van der Waals surface area contributed by atoms with Crippen LogP contribution in [0.3, 0.4) is 0 Å². The zero-order chi connectivity index (χ0) is 28.8. The van der Waals surface area contributed by atoms with Gasteiger partial charge in [-0.2, -0.15) is 0 Å². The average molecular weight is 558 g/mol. The predicted molar refractivity (Wildman–Crippen MR) is 141 cm³/mol. The molecule has 4 aromatic carbocycles. The van der Waals surface area contributed by atoms with Gasteiger partial charge in [0.25, 0.3) is 0 Å². The van der Waals surface area contributed by atoms with Crippen LogP contribution in [-0.2, 0) is 5.41 Å². The van der Waals surface area contributed by atoms with E-state index in [4.69, 9.17) is 14.2 Å². The summed E-state index contributed by atoms with van der Waals surface area (Å²) >= 11 is 0. The molecule has 41 heavy (non-hydrogen) atoms. The highest BCUT2D eigenvalue weighted by Crippen LogP contribution is 2.66. The van der Waals surface area contributed by atoms with E-state index < -0.39 is 29.1 Å². The van der Waals surface area contributed by atoms with Crippen LogP contribution in [0.2, 0.25) is 0 Å². The molecule has 11 heteroatoms. The SMILES string of the molecule is OC1=Cc2c(O)cc3c(c2O[C@@H]1c1ccc(O)c(O)c1)[C@@]1(CO3)c2c(O)cc(O)cc2O[C@@H]1c1ccc(O)c(O)c1. The molecule has 0 saturated heterocycles. The Morgan fingerprint density at radius 3 is 2.00 bits per heavy atom. The van der Waals surface area contributed by atoms with Crippen molar-refractivity contribution in [3.63, 3.8) is 0 Å². The largest absolute Gasteiger partial charge is 0.508 e. The van der Waals surface area contributed by atoms with Crippen LogP contribution in [0.15, 0.2) is 60.4 Å². The first-order valence-electron chi connectivity index (χ1n) is 12.5. The van der Waals surface area contributed by atoms with Crippen LogP contribution in [0.25, 0.3) is 6.08 Å². The molecule has 3 atom stereocenters. The van der Waals surface area contributed by atoms with Gasteiger partial charge in [0.15, 0.2) is 29.1 Å². The topological polar surface area (TPSA) is 190 Å². The number of phenolic OH excluding ortho intramolecular Hbond substituents is 7. The van der Waals surface area contributed by atoms with Crippen LogP contribution in [0.5, 0.6) is 57.5 Å². The third-order valence-electron chi connectivity index (χ3n) is 7.77. The molecule has 0 unspecified atom stereocenters. The second-order valence-electron chi connectivity index (χ2n) is 10.2. The Morgan fingerprint density at radius 2 is 1.29 bits per heavy atom. The van der Waals surface area contributed by atoms with E-state index in [1.165, 1.54) is 54.6 Å². The highest BCUT2D eigenvalue weighted by atomic mass is 16.5. The highest BCUT2D eigenvalue weighted by Gasteiger charge is 2.60. The van der Waals surface area contributed by atoms with Crippen LogP contribution in [-0.4, -0.2) is 47.5 Å². The van der Waals surface area contributed by atoms with Gasteiger partial charge in [-0.25, -0.2) is 0 Å². The summed E-state index contributed by atoms with van der Waals surface area (Å²) in [7, 11) is 0. The lowest BCUT2D eigenvalue weighted by molar-refractivity contribution is 0.138. The minimum atomic E-state index is -1.37. The maximum absolute atomic E-state index is 11.1.